The van der Waals surface area contributed by atoms with Crippen molar-refractivity contribution < 1.29 is 23.9 Å². The summed E-state index contributed by atoms with van der Waals surface area (Å²) in [6, 6.07) is 5.45. The number of benzene rings is 1. The SMILES string of the molecule is COC(=O)c1sc(NC(=O)CN2C(=O)C(C)Oc3ccc(-c4csc(C)n4)cc32)nc1C. The van der Waals surface area contributed by atoms with E-state index in [1.165, 1.54) is 23.3 Å². The molecular weight excluding hydrogens is 452 g/mol. The fraction of sp³-hybridized carbons (Fsp3) is 0.286. The van der Waals surface area contributed by atoms with E-state index in [-0.39, 0.29) is 17.6 Å². The number of thiazole rings is 2. The Labute approximate surface area is 192 Å². The van der Waals surface area contributed by atoms with Gasteiger partial charge in [0.2, 0.25) is 5.91 Å². The molecule has 1 N–H and O–H groups in total. The van der Waals surface area contributed by atoms with Crippen LogP contribution >= 0.6 is 22.7 Å². The van der Waals surface area contributed by atoms with Crippen molar-refractivity contribution in [3.05, 3.63) is 39.2 Å². The average molecular weight is 473 g/mol. The van der Waals surface area contributed by atoms with Crippen molar-refractivity contribution in [1.82, 2.24) is 9.97 Å². The average Bonchev–Trinajstić information content (AvgIpc) is 3.35. The summed E-state index contributed by atoms with van der Waals surface area (Å²) in [6.07, 6.45) is -0.726. The standard InChI is InChI=1S/C21H20N4O5S2/c1-10-18(20(28)29-4)32-21(22-10)24-17(26)8-25-15-7-13(14-9-31-12(3)23-14)5-6-16(15)30-11(2)19(25)27/h5-7,9,11H,8H2,1-4H3,(H,22,24,26). The number of methoxy groups -OCH3 is 1. The molecule has 1 aliphatic heterocycles. The highest BCUT2D eigenvalue weighted by molar-refractivity contribution is 7.17. The number of carbonyl (C=O) groups is 3. The van der Waals surface area contributed by atoms with Gasteiger partial charge >= 0.3 is 5.97 Å². The fourth-order valence-electron chi connectivity index (χ4n) is 3.26. The van der Waals surface area contributed by atoms with Crippen LogP contribution < -0.4 is 15.0 Å². The molecule has 3 heterocycles. The maximum Gasteiger partial charge on any atom is 0.350 e. The van der Waals surface area contributed by atoms with Crippen LogP contribution in [0.1, 0.15) is 27.3 Å². The maximum absolute atomic E-state index is 12.8. The molecule has 4 rings (SSSR count). The van der Waals surface area contributed by atoms with Gasteiger partial charge in [0.25, 0.3) is 5.91 Å². The molecule has 11 heteroatoms. The van der Waals surface area contributed by atoms with E-state index in [1.54, 1.807) is 26.0 Å². The first kappa shape index (κ1) is 21.9. The number of carbonyl (C=O) groups excluding carboxylic acids is 3. The lowest BCUT2D eigenvalue weighted by atomic mass is 10.1. The molecule has 0 aliphatic carbocycles. The van der Waals surface area contributed by atoms with E-state index in [4.69, 9.17) is 9.47 Å². The number of amides is 2. The van der Waals surface area contributed by atoms with E-state index < -0.39 is 18.0 Å². The highest BCUT2D eigenvalue weighted by Gasteiger charge is 2.33. The van der Waals surface area contributed by atoms with Crippen LogP contribution in [-0.2, 0) is 14.3 Å². The molecule has 0 fully saturated rings. The molecular formula is C21H20N4O5S2. The lowest BCUT2D eigenvalue weighted by Crippen LogP contribution is -2.47. The minimum Gasteiger partial charge on any atom is -0.479 e. The zero-order valence-corrected chi connectivity index (χ0v) is 19.4. The first-order chi connectivity index (χ1) is 15.3. The molecule has 0 saturated carbocycles. The Balaban J connectivity index is 1.58. The molecule has 1 atom stereocenters. The Morgan fingerprint density at radius 2 is 2.06 bits per heavy atom. The van der Waals surface area contributed by atoms with Gasteiger partial charge in [-0.3, -0.25) is 14.5 Å². The summed E-state index contributed by atoms with van der Waals surface area (Å²) in [5.41, 5.74) is 2.57. The number of esters is 1. The van der Waals surface area contributed by atoms with E-state index in [1.807, 2.05) is 18.4 Å². The summed E-state index contributed by atoms with van der Waals surface area (Å²) >= 11 is 2.55. The zero-order valence-electron chi connectivity index (χ0n) is 17.8. The first-order valence-electron chi connectivity index (χ1n) is 9.67. The van der Waals surface area contributed by atoms with Gasteiger partial charge < -0.3 is 14.8 Å². The van der Waals surface area contributed by atoms with Crippen LogP contribution in [0.4, 0.5) is 10.8 Å². The second kappa shape index (κ2) is 8.67. The quantitative estimate of drug-likeness (QED) is 0.567. The van der Waals surface area contributed by atoms with Gasteiger partial charge in [-0.2, -0.15) is 0 Å². The predicted molar refractivity (Wildman–Crippen MR) is 122 cm³/mol. The van der Waals surface area contributed by atoms with Gasteiger partial charge in [0.05, 0.1) is 29.2 Å². The van der Waals surface area contributed by atoms with E-state index in [0.29, 0.717) is 22.0 Å². The van der Waals surface area contributed by atoms with Gasteiger partial charge in [0.15, 0.2) is 11.2 Å². The van der Waals surface area contributed by atoms with Crippen molar-refractivity contribution in [3.8, 4) is 17.0 Å². The van der Waals surface area contributed by atoms with Crippen LogP contribution in [0.3, 0.4) is 0 Å². The highest BCUT2D eigenvalue weighted by Crippen LogP contribution is 2.37. The molecule has 0 saturated heterocycles. The van der Waals surface area contributed by atoms with Crippen LogP contribution in [0.2, 0.25) is 0 Å². The number of nitrogens with one attached hydrogen (secondary N) is 1. The number of aryl methyl sites for hydroxylation is 2. The summed E-state index contributed by atoms with van der Waals surface area (Å²) in [6.45, 7) is 4.99. The van der Waals surface area contributed by atoms with Crippen molar-refractivity contribution in [3.63, 3.8) is 0 Å². The topological polar surface area (TPSA) is 111 Å². The Morgan fingerprint density at radius 3 is 2.75 bits per heavy atom. The van der Waals surface area contributed by atoms with Crippen molar-refractivity contribution >= 4 is 51.3 Å². The molecule has 32 heavy (non-hydrogen) atoms. The van der Waals surface area contributed by atoms with Gasteiger partial charge in [-0.25, -0.2) is 14.8 Å². The summed E-state index contributed by atoms with van der Waals surface area (Å²) in [5, 5.41) is 5.79. The Kier molecular flexibility index (Phi) is 5.94. The monoisotopic (exact) mass is 472 g/mol. The number of anilines is 2. The Hall–Kier alpha value is -3.31. The summed E-state index contributed by atoms with van der Waals surface area (Å²) in [4.78, 5) is 47.8. The van der Waals surface area contributed by atoms with E-state index in [2.05, 4.69) is 15.3 Å². The van der Waals surface area contributed by atoms with E-state index in [9.17, 15) is 14.4 Å². The van der Waals surface area contributed by atoms with Gasteiger partial charge in [-0.05, 0) is 39.0 Å². The van der Waals surface area contributed by atoms with Crippen molar-refractivity contribution in [1.29, 1.82) is 0 Å². The molecule has 2 amide bonds. The fourth-order valence-corrected chi connectivity index (χ4v) is 4.78. The highest BCUT2D eigenvalue weighted by atomic mass is 32.1. The second-order valence-electron chi connectivity index (χ2n) is 7.09. The molecule has 3 aromatic rings. The van der Waals surface area contributed by atoms with Crippen LogP contribution in [0, 0.1) is 13.8 Å². The number of fused-ring (bicyclic) bond motifs is 1. The molecule has 0 radical (unpaired) electrons. The minimum atomic E-state index is -0.726. The first-order valence-corrected chi connectivity index (χ1v) is 11.4. The number of hydrogen-bond donors (Lipinski definition) is 1. The minimum absolute atomic E-state index is 0.231. The van der Waals surface area contributed by atoms with Gasteiger partial charge in [0, 0.05) is 10.9 Å². The zero-order chi connectivity index (χ0) is 23.0. The third kappa shape index (κ3) is 4.21. The summed E-state index contributed by atoms with van der Waals surface area (Å²) < 4.78 is 10.4. The second-order valence-corrected chi connectivity index (χ2v) is 9.15. The number of aromatic nitrogens is 2. The summed E-state index contributed by atoms with van der Waals surface area (Å²) in [5.74, 6) is -0.779. The molecule has 1 aliphatic rings. The van der Waals surface area contributed by atoms with Crippen LogP contribution in [0.5, 0.6) is 5.75 Å². The van der Waals surface area contributed by atoms with Crippen molar-refractivity contribution in [2.75, 3.05) is 23.9 Å². The van der Waals surface area contributed by atoms with Gasteiger partial charge in [0.1, 0.15) is 17.2 Å². The Morgan fingerprint density at radius 1 is 1.28 bits per heavy atom. The third-order valence-electron chi connectivity index (χ3n) is 4.80. The number of rotatable bonds is 5. The normalized spacial score (nSPS) is 15.2. The molecule has 1 aromatic carbocycles. The van der Waals surface area contributed by atoms with Crippen molar-refractivity contribution in [2.24, 2.45) is 0 Å². The molecule has 0 spiro atoms. The molecule has 0 bridgehead atoms. The van der Waals surface area contributed by atoms with E-state index in [0.717, 1.165) is 27.6 Å². The smallest absolute Gasteiger partial charge is 0.350 e. The number of nitrogens with zero attached hydrogens (tertiary/aromatic N) is 3. The van der Waals surface area contributed by atoms with Gasteiger partial charge in [-0.1, -0.05) is 11.3 Å². The van der Waals surface area contributed by atoms with Crippen LogP contribution in [0.15, 0.2) is 23.6 Å². The van der Waals surface area contributed by atoms with Gasteiger partial charge in [-0.15, -0.1) is 11.3 Å². The molecule has 9 nitrogen and oxygen atoms in total. The third-order valence-corrected chi connectivity index (χ3v) is 6.62. The van der Waals surface area contributed by atoms with Crippen LogP contribution in [0.25, 0.3) is 11.3 Å². The van der Waals surface area contributed by atoms with Crippen LogP contribution in [-0.4, -0.2) is 47.5 Å². The largest absolute Gasteiger partial charge is 0.479 e. The lowest BCUT2D eigenvalue weighted by molar-refractivity contribution is -0.127. The molecule has 166 valence electrons. The Bertz CT molecular complexity index is 1220. The number of hydrogen-bond acceptors (Lipinski definition) is 9. The predicted octanol–water partition coefficient (Wildman–Crippen LogP) is 3.42. The molecule has 1 unspecified atom stereocenters. The maximum atomic E-state index is 12.8. The number of ether oxygens (including phenoxy) is 2. The van der Waals surface area contributed by atoms with Crippen molar-refractivity contribution in [2.45, 2.75) is 26.9 Å². The van der Waals surface area contributed by atoms with E-state index >= 15 is 0 Å². The molecule has 2 aromatic heterocycles. The lowest BCUT2D eigenvalue weighted by Gasteiger charge is -2.32. The summed E-state index contributed by atoms with van der Waals surface area (Å²) in [7, 11) is 1.28.